The number of rotatable bonds is 5. The average Bonchev–Trinajstić information content (AvgIpc) is 2.75. The van der Waals surface area contributed by atoms with Crippen molar-refractivity contribution in [2.45, 2.75) is 38.8 Å². The highest BCUT2D eigenvalue weighted by atomic mass is 32.2. The molecule has 1 aliphatic heterocycles. The molecule has 1 fully saturated rings. The summed E-state index contributed by atoms with van der Waals surface area (Å²) >= 11 is 0. The second-order valence-electron chi connectivity index (χ2n) is 6.35. The number of aryl methyl sites for hydroxylation is 2. The Morgan fingerprint density at radius 3 is 2.43 bits per heavy atom. The standard InChI is InChI=1S/C16H26N2O2S/c1-12-8-13(2)10-14(9-12)16(17)4-6-18(3)15-5-7-21(19,20)11-15/h8-10,15-16H,4-7,11,17H2,1-3H3. The molecule has 0 saturated carbocycles. The molecule has 4 nitrogen and oxygen atoms in total. The molecular formula is C16H26N2O2S. The van der Waals surface area contributed by atoms with E-state index in [1.54, 1.807) is 0 Å². The fraction of sp³-hybridized carbons (Fsp3) is 0.625. The lowest BCUT2D eigenvalue weighted by Crippen LogP contribution is -2.34. The van der Waals surface area contributed by atoms with Gasteiger partial charge in [0.1, 0.15) is 0 Å². The molecular weight excluding hydrogens is 284 g/mol. The molecule has 0 radical (unpaired) electrons. The summed E-state index contributed by atoms with van der Waals surface area (Å²) in [6.45, 7) is 4.99. The number of hydrogen-bond donors (Lipinski definition) is 1. The van der Waals surface area contributed by atoms with Crippen LogP contribution in [0.4, 0.5) is 0 Å². The summed E-state index contributed by atoms with van der Waals surface area (Å²) in [6, 6.07) is 6.58. The third kappa shape index (κ3) is 4.53. The summed E-state index contributed by atoms with van der Waals surface area (Å²) in [5, 5.41) is 0. The highest BCUT2D eigenvalue weighted by Crippen LogP contribution is 2.20. The summed E-state index contributed by atoms with van der Waals surface area (Å²) in [5.74, 6) is 0.618. The van der Waals surface area contributed by atoms with Gasteiger partial charge in [-0.15, -0.1) is 0 Å². The Balaban J connectivity index is 1.90. The van der Waals surface area contributed by atoms with Crippen LogP contribution in [0.15, 0.2) is 18.2 Å². The molecule has 1 heterocycles. The quantitative estimate of drug-likeness (QED) is 0.901. The first-order chi connectivity index (χ1) is 9.77. The number of nitrogens with zero attached hydrogens (tertiary/aromatic N) is 1. The molecule has 21 heavy (non-hydrogen) atoms. The van der Waals surface area contributed by atoms with Crippen LogP contribution in [0.25, 0.3) is 0 Å². The number of benzene rings is 1. The van der Waals surface area contributed by atoms with Crippen molar-refractivity contribution in [3.05, 3.63) is 34.9 Å². The van der Waals surface area contributed by atoms with Gasteiger partial charge >= 0.3 is 0 Å². The third-order valence-corrected chi connectivity index (χ3v) is 6.05. The van der Waals surface area contributed by atoms with Gasteiger partial charge in [-0.2, -0.15) is 0 Å². The minimum atomic E-state index is -2.82. The van der Waals surface area contributed by atoms with Crippen LogP contribution in [0, 0.1) is 13.8 Å². The van der Waals surface area contributed by atoms with E-state index in [-0.39, 0.29) is 12.1 Å². The molecule has 2 rings (SSSR count). The molecule has 5 heteroatoms. The number of hydrogen-bond acceptors (Lipinski definition) is 4. The van der Waals surface area contributed by atoms with Crippen LogP contribution in [-0.4, -0.2) is 44.5 Å². The lowest BCUT2D eigenvalue weighted by atomic mass is 9.99. The summed E-state index contributed by atoms with van der Waals surface area (Å²) in [4.78, 5) is 2.15. The molecule has 2 atom stereocenters. The first-order valence-corrected chi connectivity index (χ1v) is 9.33. The summed E-state index contributed by atoms with van der Waals surface area (Å²) < 4.78 is 23.1. The summed E-state index contributed by atoms with van der Waals surface area (Å²) in [5.41, 5.74) is 9.92. The van der Waals surface area contributed by atoms with Crippen LogP contribution in [0.3, 0.4) is 0 Å². The molecule has 2 N–H and O–H groups in total. The predicted molar refractivity (Wildman–Crippen MR) is 87.2 cm³/mol. The predicted octanol–water partition coefficient (Wildman–Crippen LogP) is 1.81. The Kier molecular flexibility index (Phi) is 5.07. The van der Waals surface area contributed by atoms with Crippen molar-refractivity contribution in [2.75, 3.05) is 25.1 Å². The van der Waals surface area contributed by atoms with Crippen molar-refractivity contribution in [3.8, 4) is 0 Å². The summed E-state index contributed by atoms with van der Waals surface area (Å²) in [7, 11) is -0.816. The van der Waals surface area contributed by atoms with E-state index >= 15 is 0 Å². The maximum absolute atomic E-state index is 11.5. The Bertz CT molecular complexity index is 578. The summed E-state index contributed by atoms with van der Waals surface area (Å²) in [6.07, 6.45) is 1.59. The molecule has 0 spiro atoms. The van der Waals surface area contributed by atoms with Crippen LogP contribution in [-0.2, 0) is 9.84 Å². The second-order valence-corrected chi connectivity index (χ2v) is 8.58. The third-order valence-electron chi connectivity index (χ3n) is 4.30. The molecule has 2 unspecified atom stereocenters. The molecule has 1 saturated heterocycles. The van der Waals surface area contributed by atoms with Gasteiger partial charge in [0, 0.05) is 12.1 Å². The van der Waals surface area contributed by atoms with Gasteiger partial charge in [0.15, 0.2) is 9.84 Å². The first kappa shape index (κ1) is 16.5. The van der Waals surface area contributed by atoms with Gasteiger partial charge in [0.2, 0.25) is 0 Å². The Morgan fingerprint density at radius 1 is 1.29 bits per heavy atom. The van der Waals surface area contributed by atoms with Gasteiger partial charge in [-0.1, -0.05) is 29.3 Å². The molecule has 0 amide bonds. The zero-order chi connectivity index (χ0) is 15.6. The largest absolute Gasteiger partial charge is 0.324 e. The minimum absolute atomic E-state index is 0.00376. The van der Waals surface area contributed by atoms with Crippen LogP contribution >= 0.6 is 0 Å². The highest BCUT2D eigenvalue weighted by Gasteiger charge is 2.30. The van der Waals surface area contributed by atoms with Crippen LogP contribution in [0.2, 0.25) is 0 Å². The van der Waals surface area contributed by atoms with Crippen LogP contribution in [0.1, 0.15) is 35.6 Å². The zero-order valence-corrected chi connectivity index (χ0v) is 14.0. The SMILES string of the molecule is Cc1cc(C)cc(C(N)CCN(C)C2CCS(=O)(=O)C2)c1. The van der Waals surface area contributed by atoms with Crippen molar-refractivity contribution in [3.63, 3.8) is 0 Å². The molecule has 118 valence electrons. The van der Waals surface area contributed by atoms with Gasteiger partial charge in [-0.3, -0.25) is 0 Å². The Labute approximate surface area is 128 Å². The molecule has 1 aliphatic rings. The van der Waals surface area contributed by atoms with Gasteiger partial charge in [-0.05, 0) is 45.8 Å². The smallest absolute Gasteiger partial charge is 0.151 e. The van der Waals surface area contributed by atoms with E-state index in [9.17, 15) is 8.42 Å². The second kappa shape index (κ2) is 6.46. The van der Waals surface area contributed by atoms with E-state index < -0.39 is 9.84 Å². The van der Waals surface area contributed by atoms with E-state index in [4.69, 9.17) is 5.73 Å². The normalized spacial score (nSPS) is 22.6. The monoisotopic (exact) mass is 310 g/mol. The van der Waals surface area contributed by atoms with E-state index in [1.807, 2.05) is 7.05 Å². The van der Waals surface area contributed by atoms with Crippen LogP contribution in [0.5, 0.6) is 0 Å². The van der Waals surface area contributed by atoms with Gasteiger partial charge in [0.05, 0.1) is 11.5 Å². The molecule has 0 aromatic heterocycles. The minimum Gasteiger partial charge on any atom is -0.324 e. The fourth-order valence-corrected chi connectivity index (χ4v) is 4.84. The van der Waals surface area contributed by atoms with Gasteiger partial charge in [0.25, 0.3) is 0 Å². The Morgan fingerprint density at radius 2 is 1.90 bits per heavy atom. The van der Waals surface area contributed by atoms with Crippen molar-refractivity contribution >= 4 is 9.84 Å². The first-order valence-electron chi connectivity index (χ1n) is 7.51. The zero-order valence-electron chi connectivity index (χ0n) is 13.2. The lowest BCUT2D eigenvalue weighted by molar-refractivity contribution is 0.252. The number of nitrogens with two attached hydrogens (primary N) is 1. The maximum atomic E-state index is 11.5. The van der Waals surface area contributed by atoms with Crippen LogP contribution < -0.4 is 5.73 Å². The molecule has 1 aromatic carbocycles. The van der Waals surface area contributed by atoms with Crippen molar-refractivity contribution in [2.24, 2.45) is 5.73 Å². The maximum Gasteiger partial charge on any atom is 0.151 e. The van der Waals surface area contributed by atoms with Crippen molar-refractivity contribution in [1.29, 1.82) is 0 Å². The van der Waals surface area contributed by atoms with Gasteiger partial charge in [-0.25, -0.2) is 8.42 Å². The van der Waals surface area contributed by atoms with E-state index in [1.165, 1.54) is 16.7 Å². The molecule has 1 aromatic rings. The molecule has 0 bridgehead atoms. The van der Waals surface area contributed by atoms with E-state index in [2.05, 4.69) is 36.9 Å². The van der Waals surface area contributed by atoms with Crippen molar-refractivity contribution < 1.29 is 8.42 Å². The van der Waals surface area contributed by atoms with Crippen molar-refractivity contribution in [1.82, 2.24) is 4.90 Å². The van der Waals surface area contributed by atoms with E-state index in [0.717, 1.165) is 19.4 Å². The van der Waals surface area contributed by atoms with E-state index in [0.29, 0.717) is 11.5 Å². The Hall–Kier alpha value is -0.910. The highest BCUT2D eigenvalue weighted by molar-refractivity contribution is 7.91. The molecule has 0 aliphatic carbocycles. The fourth-order valence-electron chi connectivity index (χ4n) is 3.04. The average molecular weight is 310 g/mol. The van der Waals surface area contributed by atoms with Gasteiger partial charge < -0.3 is 10.6 Å². The topological polar surface area (TPSA) is 63.4 Å². The number of sulfone groups is 1. The lowest BCUT2D eigenvalue weighted by Gasteiger charge is -2.24.